The summed E-state index contributed by atoms with van der Waals surface area (Å²) in [5.41, 5.74) is 4.42. The summed E-state index contributed by atoms with van der Waals surface area (Å²) >= 11 is 3.46. The molecular weight excluding hydrogens is 422 g/mol. The van der Waals surface area contributed by atoms with Crippen LogP contribution in [0.25, 0.3) is 27.7 Å². The van der Waals surface area contributed by atoms with Gasteiger partial charge in [-0.2, -0.15) is 0 Å². The zero-order valence-electron chi connectivity index (χ0n) is 16.0. The van der Waals surface area contributed by atoms with Crippen molar-refractivity contribution in [1.29, 1.82) is 0 Å². The molecule has 0 saturated heterocycles. The lowest BCUT2D eigenvalue weighted by atomic mass is 9.99. The van der Waals surface area contributed by atoms with Crippen molar-refractivity contribution < 1.29 is 18.7 Å². The smallest absolute Gasteiger partial charge is 0.244 e. The number of carbonyl (C=O) groups excluding carboxylic acids is 1. The number of nitrogens with one attached hydrogen (secondary N) is 1. The van der Waals surface area contributed by atoms with Gasteiger partial charge in [0.15, 0.2) is 0 Å². The number of ether oxygens (including phenoxy) is 2. The molecule has 1 amide bonds. The Hall–Kier alpha value is -2.57. The van der Waals surface area contributed by atoms with Crippen molar-refractivity contribution in [2.24, 2.45) is 0 Å². The van der Waals surface area contributed by atoms with E-state index in [1.54, 1.807) is 26.6 Å². The summed E-state index contributed by atoms with van der Waals surface area (Å²) in [6.45, 7) is 2.82. The summed E-state index contributed by atoms with van der Waals surface area (Å²) < 4.78 is 17.2. The predicted octanol–water partition coefficient (Wildman–Crippen LogP) is 5.04. The third-order valence-electron chi connectivity index (χ3n) is 4.43. The van der Waals surface area contributed by atoms with Gasteiger partial charge in [-0.3, -0.25) is 4.79 Å². The molecule has 1 N–H and O–H groups in total. The molecule has 0 aliphatic heterocycles. The summed E-state index contributed by atoms with van der Waals surface area (Å²) in [5, 5.41) is 3.76. The minimum Gasteiger partial charge on any atom is -0.496 e. The zero-order chi connectivity index (χ0) is 20.1. The third kappa shape index (κ3) is 4.46. The van der Waals surface area contributed by atoms with Crippen LogP contribution >= 0.6 is 15.9 Å². The normalized spacial score (nSPS) is 11.6. The van der Waals surface area contributed by atoms with Gasteiger partial charge in [0.1, 0.15) is 11.3 Å². The molecule has 3 aromatic rings. The molecule has 2 aromatic carbocycles. The third-order valence-corrected chi connectivity index (χ3v) is 4.96. The maximum absolute atomic E-state index is 12.1. The van der Waals surface area contributed by atoms with E-state index in [1.807, 2.05) is 43.3 Å². The Morgan fingerprint density at radius 2 is 1.96 bits per heavy atom. The van der Waals surface area contributed by atoms with Gasteiger partial charge in [0.05, 0.1) is 20.0 Å². The molecule has 28 heavy (non-hydrogen) atoms. The molecule has 0 fully saturated rings. The largest absolute Gasteiger partial charge is 0.496 e. The van der Waals surface area contributed by atoms with E-state index in [2.05, 4.69) is 21.2 Å². The van der Waals surface area contributed by atoms with Crippen LogP contribution in [-0.2, 0) is 9.53 Å². The van der Waals surface area contributed by atoms with Crippen LogP contribution in [0.3, 0.4) is 0 Å². The molecule has 6 heteroatoms. The summed E-state index contributed by atoms with van der Waals surface area (Å²) in [6, 6.07) is 11.9. The predicted molar refractivity (Wildman–Crippen MR) is 114 cm³/mol. The van der Waals surface area contributed by atoms with Gasteiger partial charge in [-0.1, -0.05) is 28.1 Å². The molecule has 1 aromatic heterocycles. The fourth-order valence-electron chi connectivity index (χ4n) is 2.99. The van der Waals surface area contributed by atoms with E-state index < -0.39 is 0 Å². The fourth-order valence-corrected chi connectivity index (χ4v) is 3.25. The van der Waals surface area contributed by atoms with Crippen LogP contribution in [0.2, 0.25) is 0 Å². The standard InChI is InChI=1S/C22H22BrNO4/c1-14(10-22(25)24-8-9-26-2)17-11-18-19(15-4-6-16(23)7-5-15)13-28-21(18)12-20(17)27-3/h4-7,10-13H,8-9H2,1-3H3,(H,24,25)/b14-10+. The second-order valence-electron chi connectivity index (χ2n) is 6.32. The molecule has 1 heterocycles. The van der Waals surface area contributed by atoms with Crippen molar-refractivity contribution in [3.63, 3.8) is 0 Å². The Morgan fingerprint density at radius 1 is 1.21 bits per heavy atom. The van der Waals surface area contributed by atoms with Crippen molar-refractivity contribution in [2.45, 2.75) is 6.92 Å². The number of carbonyl (C=O) groups is 1. The summed E-state index contributed by atoms with van der Waals surface area (Å²) in [4.78, 5) is 12.1. The molecule has 146 valence electrons. The first-order valence-corrected chi connectivity index (χ1v) is 9.63. The Morgan fingerprint density at radius 3 is 2.64 bits per heavy atom. The highest BCUT2D eigenvalue weighted by molar-refractivity contribution is 9.10. The van der Waals surface area contributed by atoms with Crippen LogP contribution < -0.4 is 10.1 Å². The Bertz CT molecular complexity index is 1010. The molecule has 0 aliphatic carbocycles. The van der Waals surface area contributed by atoms with E-state index in [1.165, 1.54) is 0 Å². The van der Waals surface area contributed by atoms with E-state index >= 15 is 0 Å². The van der Waals surface area contributed by atoms with Gasteiger partial charge in [0.2, 0.25) is 5.91 Å². The lowest BCUT2D eigenvalue weighted by molar-refractivity contribution is -0.116. The number of rotatable bonds is 7. The number of hydrogen-bond acceptors (Lipinski definition) is 4. The Kier molecular flexibility index (Phi) is 6.54. The van der Waals surface area contributed by atoms with E-state index in [0.29, 0.717) is 18.9 Å². The first-order valence-electron chi connectivity index (χ1n) is 8.84. The minimum atomic E-state index is -0.169. The van der Waals surface area contributed by atoms with Crippen molar-refractivity contribution in [2.75, 3.05) is 27.4 Å². The number of methoxy groups -OCH3 is 2. The van der Waals surface area contributed by atoms with Gasteiger partial charge in [-0.25, -0.2) is 0 Å². The molecule has 0 radical (unpaired) electrons. The number of hydrogen-bond donors (Lipinski definition) is 1. The molecule has 0 unspecified atom stereocenters. The second kappa shape index (κ2) is 9.08. The van der Waals surface area contributed by atoms with Crippen LogP contribution in [0.4, 0.5) is 0 Å². The molecule has 0 bridgehead atoms. The first-order chi connectivity index (χ1) is 13.5. The molecule has 5 nitrogen and oxygen atoms in total. The Labute approximate surface area is 172 Å². The first kappa shape index (κ1) is 20.2. The van der Waals surface area contributed by atoms with Gasteiger partial charge in [0, 0.05) is 46.8 Å². The van der Waals surface area contributed by atoms with Crippen LogP contribution in [-0.4, -0.2) is 33.3 Å². The van der Waals surface area contributed by atoms with E-state index in [9.17, 15) is 4.79 Å². The fraction of sp³-hybridized carbons (Fsp3) is 0.227. The van der Waals surface area contributed by atoms with Crippen molar-refractivity contribution in [1.82, 2.24) is 5.32 Å². The maximum atomic E-state index is 12.1. The van der Waals surface area contributed by atoms with Crippen molar-refractivity contribution in [3.8, 4) is 16.9 Å². The lowest BCUT2D eigenvalue weighted by Crippen LogP contribution is -2.25. The minimum absolute atomic E-state index is 0.169. The SMILES string of the molecule is COCCNC(=O)/C=C(\C)c1cc2c(-c3ccc(Br)cc3)coc2cc1OC. The van der Waals surface area contributed by atoms with Gasteiger partial charge in [-0.15, -0.1) is 0 Å². The highest BCUT2D eigenvalue weighted by atomic mass is 79.9. The van der Waals surface area contributed by atoms with Crippen LogP contribution in [0.1, 0.15) is 12.5 Å². The second-order valence-corrected chi connectivity index (χ2v) is 7.23. The zero-order valence-corrected chi connectivity index (χ0v) is 17.6. The van der Waals surface area contributed by atoms with Crippen LogP contribution in [0.15, 0.2) is 57.6 Å². The van der Waals surface area contributed by atoms with Gasteiger partial charge in [-0.05, 0) is 36.3 Å². The topological polar surface area (TPSA) is 60.7 Å². The van der Waals surface area contributed by atoms with Gasteiger partial charge >= 0.3 is 0 Å². The van der Waals surface area contributed by atoms with E-state index in [4.69, 9.17) is 13.9 Å². The number of benzene rings is 2. The molecule has 0 saturated carbocycles. The molecule has 0 spiro atoms. The number of halogens is 1. The average Bonchev–Trinajstić information content (AvgIpc) is 3.10. The number of allylic oxidation sites excluding steroid dienone is 1. The average molecular weight is 444 g/mol. The summed E-state index contributed by atoms with van der Waals surface area (Å²) in [5.74, 6) is 0.486. The molecular formula is C22H22BrNO4. The van der Waals surface area contributed by atoms with Crippen LogP contribution in [0.5, 0.6) is 5.75 Å². The highest BCUT2D eigenvalue weighted by Crippen LogP contribution is 2.37. The highest BCUT2D eigenvalue weighted by Gasteiger charge is 2.15. The quantitative estimate of drug-likeness (QED) is 0.410. The summed E-state index contributed by atoms with van der Waals surface area (Å²) in [6.07, 6.45) is 3.31. The Balaban J connectivity index is 2.00. The van der Waals surface area contributed by atoms with Crippen molar-refractivity contribution in [3.05, 3.63) is 58.8 Å². The number of furan rings is 1. The number of fused-ring (bicyclic) bond motifs is 1. The van der Waals surface area contributed by atoms with Crippen molar-refractivity contribution >= 4 is 38.4 Å². The molecule has 0 aliphatic rings. The van der Waals surface area contributed by atoms with Gasteiger partial charge in [0.25, 0.3) is 0 Å². The van der Waals surface area contributed by atoms with E-state index in [0.717, 1.165) is 37.7 Å². The van der Waals surface area contributed by atoms with E-state index in [-0.39, 0.29) is 5.91 Å². The molecule has 0 atom stereocenters. The summed E-state index contributed by atoms with van der Waals surface area (Å²) in [7, 11) is 3.20. The number of amides is 1. The monoisotopic (exact) mass is 443 g/mol. The van der Waals surface area contributed by atoms with Crippen LogP contribution in [0, 0.1) is 0 Å². The lowest BCUT2D eigenvalue weighted by Gasteiger charge is -2.10. The van der Waals surface area contributed by atoms with Gasteiger partial charge < -0.3 is 19.2 Å². The molecule has 3 rings (SSSR count). The maximum Gasteiger partial charge on any atom is 0.244 e.